The number of ether oxygens (including phenoxy) is 1. The maximum absolute atomic E-state index is 11.5. The van der Waals surface area contributed by atoms with Crippen LogP contribution >= 0.6 is 0 Å². The molecule has 92 valence electrons. The van der Waals surface area contributed by atoms with Crippen molar-refractivity contribution in [2.45, 2.75) is 13.8 Å². The highest BCUT2D eigenvalue weighted by Crippen LogP contribution is 2.28. The monoisotopic (exact) mass is 240 g/mol. The molecule has 0 aliphatic carbocycles. The largest absolute Gasteiger partial charge is 0.465 e. The van der Waals surface area contributed by atoms with Crippen LogP contribution in [-0.4, -0.2) is 13.1 Å². The van der Waals surface area contributed by atoms with E-state index in [9.17, 15) is 4.79 Å². The third-order valence-corrected chi connectivity index (χ3v) is 3.02. The van der Waals surface area contributed by atoms with E-state index < -0.39 is 0 Å². The van der Waals surface area contributed by atoms with Crippen molar-refractivity contribution in [1.29, 1.82) is 0 Å². The number of benzene rings is 2. The van der Waals surface area contributed by atoms with Gasteiger partial charge in [0, 0.05) is 0 Å². The second kappa shape index (κ2) is 5.05. The number of rotatable bonds is 2. The normalized spacial score (nSPS) is 10.2. The molecule has 2 aromatic carbocycles. The van der Waals surface area contributed by atoms with Crippen LogP contribution in [-0.2, 0) is 4.74 Å². The summed E-state index contributed by atoms with van der Waals surface area (Å²) in [6, 6.07) is 13.9. The SMILES string of the molecule is COC(=O)c1cc(C)c(-c2ccccc2)c(C)c1. The minimum atomic E-state index is -0.291. The van der Waals surface area contributed by atoms with Crippen LogP contribution in [0.4, 0.5) is 0 Å². The van der Waals surface area contributed by atoms with Gasteiger partial charge in [-0.25, -0.2) is 4.79 Å². The third-order valence-electron chi connectivity index (χ3n) is 3.02. The Morgan fingerprint density at radius 3 is 2.06 bits per heavy atom. The lowest BCUT2D eigenvalue weighted by Crippen LogP contribution is -2.03. The van der Waals surface area contributed by atoms with Crippen LogP contribution < -0.4 is 0 Å². The molecule has 0 atom stereocenters. The smallest absolute Gasteiger partial charge is 0.337 e. The van der Waals surface area contributed by atoms with Gasteiger partial charge in [0.15, 0.2) is 0 Å². The molecular weight excluding hydrogens is 224 g/mol. The van der Waals surface area contributed by atoms with Gasteiger partial charge < -0.3 is 4.74 Å². The lowest BCUT2D eigenvalue weighted by molar-refractivity contribution is 0.0600. The minimum Gasteiger partial charge on any atom is -0.465 e. The van der Waals surface area contributed by atoms with Crippen molar-refractivity contribution in [3.05, 3.63) is 59.2 Å². The first kappa shape index (κ1) is 12.4. The fourth-order valence-corrected chi connectivity index (χ4v) is 2.26. The number of methoxy groups -OCH3 is 1. The van der Waals surface area contributed by atoms with E-state index in [0.29, 0.717) is 5.56 Å². The van der Waals surface area contributed by atoms with E-state index in [1.54, 1.807) is 0 Å². The van der Waals surface area contributed by atoms with Gasteiger partial charge in [0.1, 0.15) is 0 Å². The first-order valence-corrected chi connectivity index (χ1v) is 5.88. The molecule has 0 saturated carbocycles. The summed E-state index contributed by atoms with van der Waals surface area (Å²) in [5.74, 6) is -0.291. The Hall–Kier alpha value is -2.09. The maximum atomic E-state index is 11.5. The summed E-state index contributed by atoms with van der Waals surface area (Å²) in [5.41, 5.74) is 5.13. The summed E-state index contributed by atoms with van der Waals surface area (Å²) in [4.78, 5) is 11.5. The highest BCUT2D eigenvalue weighted by Gasteiger charge is 2.11. The standard InChI is InChI=1S/C16H16O2/c1-11-9-14(16(17)18-3)10-12(2)15(11)13-7-5-4-6-8-13/h4-10H,1-3H3. The van der Waals surface area contributed by atoms with Gasteiger partial charge in [-0.3, -0.25) is 0 Å². The van der Waals surface area contributed by atoms with Gasteiger partial charge in [-0.15, -0.1) is 0 Å². The van der Waals surface area contributed by atoms with Crippen LogP contribution in [0.3, 0.4) is 0 Å². The van der Waals surface area contributed by atoms with E-state index in [1.807, 2.05) is 44.2 Å². The summed E-state index contributed by atoms with van der Waals surface area (Å²) in [6.07, 6.45) is 0. The highest BCUT2D eigenvalue weighted by molar-refractivity contribution is 5.91. The summed E-state index contributed by atoms with van der Waals surface area (Å²) >= 11 is 0. The van der Waals surface area contributed by atoms with Gasteiger partial charge in [-0.05, 0) is 48.2 Å². The number of hydrogen-bond acceptors (Lipinski definition) is 2. The van der Waals surface area contributed by atoms with Crippen molar-refractivity contribution < 1.29 is 9.53 Å². The first-order valence-electron chi connectivity index (χ1n) is 5.88. The average Bonchev–Trinajstić information content (AvgIpc) is 2.38. The lowest BCUT2D eigenvalue weighted by atomic mass is 9.93. The van der Waals surface area contributed by atoms with Gasteiger partial charge in [0.05, 0.1) is 12.7 Å². The van der Waals surface area contributed by atoms with E-state index in [4.69, 9.17) is 4.74 Å². The van der Waals surface area contributed by atoms with Gasteiger partial charge in [0.25, 0.3) is 0 Å². The van der Waals surface area contributed by atoms with Crippen molar-refractivity contribution in [2.24, 2.45) is 0 Å². The minimum absolute atomic E-state index is 0.291. The number of esters is 1. The van der Waals surface area contributed by atoms with Gasteiger partial charge in [-0.1, -0.05) is 30.3 Å². The Balaban J connectivity index is 2.55. The molecule has 0 N–H and O–H groups in total. The second-order valence-corrected chi connectivity index (χ2v) is 4.34. The van der Waals surface area contributed by atoms with Crippen LogP contribution in [0.25, 0.3) is 11.1 Å². The fourth-order valence-electron chi connectivity index (χ4n) is 2.26. The summed E-state index contributed by atoms with van der Waals surface area (Å²) in [5, 5.41) is 0. The molecule has 0 fully saturated rings. The van der Waals surface area contributed by atoms with Crippen molar-refractivity contribution in [1.82, 2.24) is 0 Å². The van der Waals surface area contributed by atoms with E-state index in [-0.39, 0.29) is 5.97 Å². The number of carbonyl (C=O) groups is 1. The maximum Gasteiger partial charge on any atom is 0.337 e. The van der Waals surface area contributed by atoms with Gasteiger partial charge in [-0.2, -0.15) is 0 Å². The quantitative estimate of drug-likeness (QED) is 0.747. The molecule has 0 aromatic heterocycles. The molecule has 0 aliphatic heterocycles. The summed E-state index contributed by atoms with van der Waals surface area (Å²) in [7, 11) is 1.40. The second-order valence-electron chi connectivity index (χ2n) is 4.34. The molecular formula is C16H16O2. The predicted molar refractivity (Wildman–Crippen MR) is 72.7 cm³/mol. The van der Waals surface area contributed by atoms with Crippen molar-refractivity contribution in [3.8, 4) is 11.1 Å². The third kappa shape index (κ3) is 2.28. The fraction of sp³-hybridized carbons (Fsp3) is 0.188. The van der Waals surface area contributed by atoms with Crippen molar-refractivity contribution in [2.75, 3.05) is 7.11 Å². The summed E-state index contributed by atoms with van der Waals surface area (Å²) < 4.78 is 4.75. The number of hydrogen-bond donors (Lipinski definition) is 0. The van der Waals surface area contributed by atoms with Gasteiger partial charge >= 0.3 is 5.97 Å². The van der Waals surface area contributed by atoms with Gasteiger partial charge in [0.2, 0.25) is 0 Å². The molecule has 0 heterocycles. The Morgan fingerprint density at radius 1 is 1.00 bits per heavy atom. The predicted octanol–water partition coefficient (Wildman–Crippen LogP) is 3.76. The average molecular weight is 240 g/mol. The molecule has 0 radical (unpaired) electrons. The Labute approximate surface area is 107 Å². The molecule has 2 rings (SSSR count). The molecule has 18 heavy (non-hydrogen) atoms. The molecule has 0 unspecified atom stereocenters. The van der Waals surface area contributed by atoms with E-state index in [0.717, 1.165) is 11.1 Å². The number of aryl methyl sites for hydroxylation is 2. The molecule has 0 amide bonds. The lowest BCUT2D eigenvalue weighted by Gasteiger charge is -2.12. The van der Waals surface area contributed by atoms with Crippen LogP contribution in [0.5, 0.6) is 0 Å². The van der Waals surface area contributed by atoms with Crippen molar-refractivity contribution >= 4 is 5.97 Å². The zero-order valence-corrected chi connectivity index (χ0v) is 10.9. The molecule has 2 nitrogen and oxygen atoms in total. The first-order chi connectivity index (χ1) is 8.63. The molecule has 2 heteroatoms. The van der Waals surface area contributed by atoms with Crippen LogP contribution in [0.1, 0.15) is 21.5 Å². The molecule has 0 aliphatic rings. The molecule has 0 bridgehead atoms. The zero-order valence-electron chi connectivity index (χ0n) is 10.9. The van der Waals surface area contributed by atoms with Crippen LogP contribution in [0.2, 0.25) is 0 Å². The van der Waals surface area contributed by atoms with Crippen LogP contribution in [0.15, 0.2) is 42.5 Å². The molecule has 0 saturated heterocycles. The molecule has 0 spiro atoms. The van der Waals surface area contributed by atoms with E-state index in [1.165, 1.54) is 18.2 Å². The Kier molecular flexibility index (Phi) is 3.47. The van der Waals surface area contributed by atoms with E-state index >= 15 is 0 Å². The highest BCUT2D eigenvalue weighted by atomic mass is 16.5. The Bertz CT molecular complexity index is 548. The topological polar surface area (TPSA) is 26.3 Å². The Morgan fingerprint density at radius 2 is 1.56 bits per heavy atom. The van der Waals surface area contributed by atoms with Crippen LogP contribution in [0, 0.1) is 13.8 Å². The van der Waals surface area contributed by atoms with E-state index in [2.05, 4.69) is 12.1 Å². The summed E-state index contributed by atoms with van der Waals surface area (Å²) in [6.45, 7) is 4.03. The van der Waals surface area contributed by atoms with Crippen molar-refractivity contribution in [3.63, 3.8) is 0 Å². The molecule has 2 aromatic rings. The zero-order chi connectivity index (χ0) is 13.1. The number of carbonyl (C=O) groups excluding carboxylic acids is 1.